The molecule has 1 heterocycles. The van der Waals surface area contributed by atoms with Gasteiger partial charge in [0.15, 0.2) is 0 Å². The molecule has 2 N–H and O–H groups in total. The normalized spacial score (nSPS) is 26.8. The maximum atomic E-state index is 6.03. The van der Waals surface area contributed by atoms with Gasteiger partial charge in [-0.1, -0.05) is 27.2 Å². The number of hydrogen-bond acceptors (Lipinski definition) is 3. The number of hydrogen-bond donors (Lipinski definition) is 1. The van der Waals surface area contributed by atoms with E-state index in [1.807, 2.05) is 0 Å². The zero-order chi connectivity index (χ0) is 13.6. The van der Waals surface area contributed by atoms with Crippen LogP contribution in [0.1, 0.15) is 46.5 Å². The molecule has 3 heteroatoms. The van der Waals surface area contributed by atoms with Crippen LogP contribution in [0.15, 0.2) is 0 Å². The minimum atomic E-state index is 0.297. The lowest BCUT2D eigenvalue weighted by molar-refractivity contribution is 0.112. The van der Waals surface area contributed by atoms with Gasteiger partial charge in [-0.15, -0.1) is 0 Å². The fourth-order valence-corrected chi connectivity index (χ4v) is 3.23. The highest BCUT2D eigenvalue weighted by Gasteiger charge is 2.29. The molecule has 0 aromatic heterocycles. The quantitative estimate of drug-likeness (QED) is 0.789. The van der Waals surface area contributed by atoms with Crippen LogP contribution in [-0.4, -0.2) is 55.6 Å². The van der Waals surface area contributed by atoms with Crippen molar-refractivity contribution in [3.8, 4) is 0 Å². The van der Waals surface area contributed by atoms with Gasteiger partial charge in [0, 0.05) is 19.1 Å². The highest BCUT2D eigenvalue weighted by molar-refractivity contribution is 4.85. The zero-order valence-electron chi connectivity index (χ0n) is 12.9. The van der Waals surface area contributed by atoms with E-state index in [2.05, 4.69) is 37.6 Å². The molecule has 18 heavy (non-hydrogen) atoms. The fourth-order valence-electron chi connectivity index (χ4n) is 3.23. The largest absolute Gasteiger partial charge is 0.330 e. The Morgan fingerprint density at radius 3 is 2.56 bits per heavy atom. The van der Waals surface area contributed by atoms with Crippen molar-refractivity contribution in [3.63, 3.8) is 0 Å². The van der Waals surface area contributed by atoms with Crippen LogP contribution in [0.5, 0.6) is 0 Å². The number of likely N-dealkylation sites (N-methyl/N-ethyl adjacent to an activating group) is 1. The maximum absolute atomic E-state index is 6.03. The van der Waals surface area contributed by atoms with Crippen molar-refractivity contribution in [2.24, 2.45) is 11.1 Å². The summed E-state index contributed by atoms with van der Waals surface area (Å²) in [5.74, 6) is 0. The van der Waals surface area contributed by atoms with Gasteiger partial charge in [-0.2, -0.15) is 0 Å². The molecular formula is C15H33N3. The van der Waals surface area contributed by atoms with E-state index in [1.165, 1.54) is 51.9 Å². The van der Waals surface area contributed by atoms with Crippen molar-refractivity contribution < 1.29 is 0 Å². The highest BCUT2D eigenvalue weighted by Crippen LogP contribution is 2.25. The van der Waals surface area contributed by atoms with Crippen molar-refractivity contribution in [2.75, 3.05) is 39.8 Å². The van der Waals surface area contributed by atoms with Crippen molar-refractivity contribution in [3.05, 3.63) is 0 Å². The monoisotopic (exact) mass is 255 g/mol. The summed E-state index contributed by atoms with van der Waals surface area (Å²) >= 11 is 0. The predicted molar refractivity (Wildman–Crippen MR) is 79.8 cm³/mol. The smallest absolute Gasteiger partial charge is 0.0220 e. The molecule has 0 aromatic carbocycles. The predicted octanol–water partition coefficient (Wildman–Crippen LogP) is 2.17. The summed E-state index contributed by atoms with van der Waals surface area (Å²) in [6, 6.07) is 0.709. The van der Waals surface area contributed by atoms with Crippen LogP contribution in [0, 0.1) is 5.41 Å². The summed E-state index contributed by atoms with van der Waals surface area (Å²) in [4.78, 5) is 5.18. The van der Waals surface area contributed by atoms with Gasteiger partial charge in [-0.3, -0.25) is 4.90 Å². The topological polar surface area (TPSA) is 32.5 Å². The van der Waals surface area contributed by atoms with Crippen LogP contribution in [0.2, 0.25) is 0 Å². The Bertz CT molecular complexity index is 232. The van der Waals surface area contributed by atoms with Gasteiger partial charge in [-0.25, -0.2) is 0 Å². The van der Waals surface area contributed by atoms with Gasteiger partial charge in [0.05, 0.1) is 0 Å². The zero-order valence-corrected chi connectivity index (χ0v) is 12.9. The molecule has 1 rings (SSSR count). The molecule has 0 saturated carbocycles. The lowest BCUT2D eigenvalue weighted by Gasteiger charge is -2.38. The first-order valence-corrected chi connectivity index (χ1v) is 7.67. The van der Waals surface area contributed by atoms with E-state index in [9.17, 15) is 0 Å². The summed E-state index contributed by atoms with van der Waals surface area (Å²) in [6.45, 7) is 12.6. The molecule has 0 spiro atoms. The molecule has 2 unspecified atom stereocenters. The van der Waals surface area contributed by atoms with E-state index < -0.39 is 0 Å². The van der Waals surface area contributed by atoms with E-state index in [4.69, 9.17) is 5.73 Å². The highest BCUT2D eigenvalue weighted by atomic mass is 15.2. The molecule has 1 saturated heterocycles. The van der Waals surface area contributed by atoms with Gasteiger partial charge < -0.3 is 10.6 Å². The van der Waals surface area contributed by atoms with E-state index >= 15 is 0 Å². The molecular weight excluding hydrogens is 222 g/mol. The summed E-state index contributed by atoms with van der Waals surface area (Å²) in [7, 11) is 2.25. The van der Waals surface area contributed by atoms with E-state index in [-0.39, 0.29) is 0 Å². The molecule has 2 atom stereocenters. The summed E-state index contributed by atoms with van der Waals surface area (Å²) < 4.78 is 0. The first-order valence-electron chi connectivity index (χ1n) is 7.67. The summed E-state index contributed by atoms with van der Waals surface area (Å²) in [5.41, 5.74) is 6.32. The van der Waals surface area contributed by atoms with Crippen LogP contribution in [-0.2, 0) is 0 Å². The van der Waals surface area contributed by atoms with Crippen LogP contribution < -0.4 is 5.73 Å². The first kappa shape index (κ1) is 15.9. The van der Waals surface area contributed by atoms with Crippen molar-refractivity contribution in [1.82, 2.24) is 9.80 Å². The Morgan fingerprint density at radius 2 is 2.00 bits per heavy atom. The molecule has 0 radical (unpaired) electrons. The van der Waals surface area contributed by atoms with Crippen LogP contribution >= 0.6 is 0 Å². The van der Waals surface area contributed by atoms with E-state index in [0.29, 0.717) is 11.5 Å². The van der Waals surface area contributed by atoms with Crippen molar-refractivity contribution in [1.29, 1.82) is 0 Å². The molecule has 0 amide bonds. The Kier molecular flexibility index (Phi) is 6.61. The molecule has 0 aliphatic carbocycles. The van der Waals surface area contributed by atoms with Gasteiger partial charge >= 0.3 is 0 Å². The molecule has 108 valence electrons. The second-order valence-corrected chi connectivity index (χ2v) is 6.41. The number of nitrogens with two attached hydrogens (primary N) is 1. The molecule has 1 aliphatic heterocycles. The third-order valence-corrected chi connectivity index (χ3v) is 4.43. The fraction of sp³-hybridized carbons (Fsp3) is 1.00. The van der Waals surface area contributed by atoms with Gasteiger partial charge in [0.25, 0.3) is 0 Å². The Morgan fingerprint density at radius 1 is 1.28 bits per heavy atom. The minimum absolute atomic E-state index is 0.297. The average molecular weight is 255 g/mol. The molecule has 0 bridgehead atoms. The minimum Gasteiger partial charge on any atom is -0.330 e. The van der Waals surface area contributed by atoms with Crippen LogP contribution in [0.3, 0.4) is 0 Å². The average Bonchev–Trinajstić information content (AvgIpc) is 2.51. The molecule has 3 nitrogen and oxygen atoms in total. The lowest BCUT2D eigenvalue weighted by atomic mass is 9.84. The summed E-state index contributed by atoms with van der Waals surface area (Å²) in [6.07, 6.45) is 5.02. The Labute approximate surface area is 114 Å². The number of nitrogens with zero attached hydrogens (tertiary/aromatic N) is 2. The lowest BCUT2D eigenvalue weighted by Crippen LogP contribution is -2.47. The first-order chi connectivity index (χ1) is 8.54. The van der Waals surface area contributed by atoms with Crippen LogP contribution in [0.25, 0.3) is 0 Å². The van der Waals surface area contributed by atoms with Crippen molar-refractivity contribution in [2.45, 2.75) is 52.5 Å². The number of rotatable bonds is 6. The Hall–Kier alpha value is -0.120. The second-order valence-electron chi connectivity index (χ2n) is 6.41. The molecule has 1 aliphatic rings. The molecule has 0 aromatic rings. The maximum Gasteiger partial charge on any atom is 0.0220 e. The van der Waals surface area contributed by atoms with Crippen LogP contribution in [0.4, 0.5) is 0 Å². The second kappa shape index (κ2) is 7.46. The third-order valence-electron chi connectivity index (χ3n) is 4.43. The standard InChI is InChI=1S/C15H33N3/c1-5-8-15(3,12-16)13-18-10-7-9-17(4)11-14(18)6-2/h14H,5-13,16H2,1-4H3. The van der Waals surface area contributed by atoms with E-state index in [0.717, 1.165) is 6.54 Å². The third kappa shape index (κ3) is 4.52. The molecule has 1 fully saturated rings. The van der Waals surface area contributed by atoms with E-state index in [1.54, 1.807) is 0 Å². The van der Waals surface area contributed by atoms with Gasteiger partial charge in [-0.05, 0) is 51.4 Å². The van der Waals surface area contributed by atoms with Crippen molar-refractivity contribution >= 4 is 0 Å². The SMILES string of the molecule is CCCC(C)(CN)CN1CCCN(C)CC1CC. The summed E-state index contributed by atoms with van der Waals surface area (Å²) in [5, 5.41) is 0. The van der Waals surface area contributed by atoms with Gasteiger partial charge in [0.1, 0.15) is 0 Å². The van der Waals surface area contributed by atoms with Gasteiger partial charge in [0.2, 0.25) is 0 Å². The Balaban J connectivity index is 2.66.